The van der Waals surface area contributed by atoms with E-state index in [0.29, 0.717) is 6.61 Å². The van der Waals surface area contributed by atoms with Crippen LogP contribution >= 0.6 is 12.8 Å². The summed E-state index contributed by atoms with van der Waals surface area (Å²) in [6, 6.07) is 0. The van der Waals surface area contributed by atoms with Crippen molar-refractivity contribution in [1.29, 1.82) is 0 Å². The standard InChI is InChI=1S/C10H18N2O5S/c1-11-9(14)10(4-3-8(13)12-18)16-6-7(17-10)5-15-2/h7,18H,3-6H2,1-2H3,(H,11,14)(H,12,13). The summed E-state index contributed by atoms with van der Waals surface area (Å²) < 4.78 is 18.1. The highest BCUT2D eigenvalue weighted by atomic mass is 32.1. The van der Waals surface area contributed by atoms with Gasteiger partial charge in [0, 0.05) is 27.0 Å². The topological polar surface area (TPSA) is 85.9 Å². The number of rotatable bonds is 6. The first-order valence-electron chi connectivity index (χ1n) is 5.54. The summed E-state index contributed by atoms with van der Waals surface area (Å²) in [5.74, 6) is -2.13. The minimum atomic E-state index is -1.42. The number of carbonyl (C=O) groups is 2. The van der Waals surface area contributed by atoms with Crippen molar-refractivity contribution in [3.05, 3.63) is 0 Å². The van der Waals surface area contributed by atoms with Crippen LogP contribution in [0.4, 0.5) is 0 Å². The molecule has 1 fully saturated rings. The molecule has 7 nitrogen and oxygen atoms in total. The first-order valence-corrected chi connectivity index (χ1v) is 5.98. The number of amides is 2. The third kappa shape index (κ3) is 3.58. The monoisotopic (exact) mass is 278 g/mol. The van der Waals surface area contributed by atoms with E-state index >= 15 is 0 Å². The number of ether oxygens (including phenoxy) is 3. The predicted molar refractivity (Wildman–Crippen MR) is 65.9 cm³/mol. The van der Waals surface area contributed by atoms with Crippen LogP contribution in [-0.2, 0) is 23.8 Å². The molecule has 8 heteroatoms. The van der Waals surface area contributed by atoms with Gasteiger partial charge in [-0.2, -0.15) is 0 Å². The second-order valence-corrected chi connectivity index (χ2v) is 4.10. The van der Waals surface area contributed by atoms with Crippen LogP contribution in [0.25, 0.3) is 0 Å². The van der Waals surface area contributed by atoms with E-state index in [2.05, 4.69) is 22.9 Å². The molecule has 0 bridgehead atoms. The number of likely N-dealkylation sites (N-methyl/N-ethyl adjacent to an activating group) is 1. The Morgan fingerprint density at radius 2 is 2.28 bits per heavy atom. The number of methoxy groups -OCH3 is 1. The summed E-state index contributed by atoms with van der Waals surface area (Å²) in [6.07, 6.45) is -0.109. The molecule has 0 spiro atoms. The molecule has 18 heavy (non-hydrogen) atoms. The first-order chi connectivity index (χ1) is 8.57. The smallest absolute Gasteiger partial charge is 0.280 e. The average molecular weight is 278 g/mol. The van der Waals surface area contributed by atoms with Gasteiger partial charge in [-0.25, -0.2) is 0 Å². The Balaban J connectivity index is 2.66. The number of nitrogens with one attached hydrogen (secondary N) is 2. The van der Waals surface area contributed by atoms with Gasteiger partial charge in [0.05, 0.1) is 13.2 Å². The van der Waals surface area contributed by atoms with E-state index in [1.165, 1.54) is 14.2 Å². The van der Waals surface area contributed by atoms with Crippen molar-refractivity contribution in [2.45, 2.75) is 24.7 Å². The molecule has 2 atom stereocenters. The molecule has 0 aromatic carbocycles. The maximum atomic E-state index is 11.8. The number of hydrogen-bond acceptors (Lipinski definition) is 6. The minimum Gasteiger partial charge on any atom is -0.382 e. The van der Waals surface area contributed by atoms with Crippen LogP contribution in [0, 0.1) is 0 Å². The molecule has 1 saturated heterocycles. The fraction of sp³-hybridized carbons (Fsp3) is 0.800. The van der Waals surface area contributed by atoms with Gasteiger partial charge in [0.25, 0.3) is 11.7 Å². The molecule has 0 aromatic heterocycles. The second-order valence-electron chi connectivity index (χ2n) is 3.87. The lowest BCUT2D eigenvalue weighted by atomic mass is 10.1. The van der Waals surface area contributed by atoms with Crippen LogP contribution in [0.15, 0.2) is 0 Å². The number of carbonyl (C=O) groups excluding carboxylic acids is 2. The first kappa shape index (κ1) is 15.2. The molecule has 2 unspecified atom stereocenters. The van der Waals surface area contributed by atoms with E-state index in [9.17, 15) is 9.59 Å². The lowest BCUT2D eigenvalue weighted by molar-refractivity contribution is -0.192. The van der Waals surface area contributed by atoms with Crippen molar-refractivity contribution in [2.24, 2.45) is 0 Å². The average Bonchev–Trinajstić information content (AvgIpc) is 2.80. The highest BCUT2D eigenvalue weighted by Gasteiger charge is 2.47. The van der Waals surface area contributed by atoms with Crippen molar-refractivity contribution >= 4 is 24.6 Å². The molecule has 2 amide bonds. The van der Waals surface area contributed by atoms with Crippen molar-refractivity contribution in [2.75, 3.05) is 27.4 Å². The quantitative estimate of drug-likeness (QED) is 0.556. The van der Waals surface area contributed by atoms with Gasteiger partial charge in [-0.15, -0.1) is 0 Å². The van der Waals surface area contributed by atoms with Crippen LogP contribution in [0.5, 0.6) is 0 Å². The molecule has 1 aliphatic rings. The van der Waals surface area contributed by atoms with Gasteiger partial charge in [0.15, 0.2) is 0 Å². The third-order valence-corrected chi connectivity index (χ3v) is 2.84. The number of thiol groups is 1. The summed E-state index contributed by atoms with van der Waals surface area (Å²) in [5.41, 5.74) is 0. The fourth-order valence-electron chi connectivity index (χ4n) is 1.72. The van der Waals surface area contributed by atoms with E-state index in [-0.39, 0.29) is 31.5 Å². The largest absolute Gasteiger partial charge is 0.382 e. The normalized spacial score (nSPS) is 26.9. The summed E-state index contributed by atoms with van der Waals surface area (Å²) in [6.45, 7) is 0.585. The van der Waals surface area contributed by atoms with Gasteiger partial charge in [-0.3, -0.25) is 9.59 Å². The zero-order valence-electron chi connectivity index (χ0n) is 10.4. The summed E-state index contributed by atoms with van der Waals surface area (Å²) in [7, 11) is 3.02. The van der Waals surface area contributed by atoms with Crippen LogP contribution in [-0.4, -0.2) is 51.1 Å². The van der Waals surface area contributed by atoms with Crippen LogP contribution in [0.3, 0.4) is 0 Å². The molecule has 1 heterocycles. The molecule has 0 radical (unpaired) electrons. The molecule has 0 saturated carbocycles. The van der Waals surface area contributed by atoms with Crippen LogP contribution in [0.2, 0.25) is 0 Å². The van der Waals surface area contributed by atoms with E-state index in [0.717, 1.165) is 0 Å². The van der Waals surface area contributed by atoms with Gasteiger partial charge in [-0.05, 0) is 0 Å². The summed E-state index contributed by atoms with van der Waals surface area (Å²) in [5, 5.41) is 2.47. The molecule has 0 aliphatic carbocycles. The lowest BCUT2D eigenvalue weighted by Crippen LogP contribution is -2.47. The number of hydrogen-bond donors (Lipinski definition) is 3. The zero-order chi connectivity index (χ0) is 13.6. The molecule has 0 aromatic rings. The van der Waals surface area contributed by atoms with Gasteiger partial charge in [-0.1, -0.05) is 12.8 Å². The van der Waals surface area contributed by atoms with E-state index < -0.39 is 11.7 Å². The van der Waals surface area contributed by atoms with Crippen molar-refractivity contribution in [1.82, 2.24) is 10.0 Å². The Kier molecular flexibility index (Phi) is 5.86. The zero-order valence-corrected chi connectivity index (χ0v) is 11.3. The van der Waals surface area contributed by atoms with Crippen LogP contribution < -0.4 is 10.0 Å². The van der Waals surface area contributed by atoms with Gasteiger partial charge in [0.2, 0.25) is 5.91 Å². The molecule has 1 rings (SSSR count). The van der Waals surface area contributed by atoms with E-state index in [4.69, 9.17) is 14.2 Å². The summed E-state index contributed by atoms with van der Waals surface area (Å²) >= 11 is 3.64. The highest BCUT2D eigenvalue weighted by molar-refractivity contribution is 7.78. The third-order valence-electron chi connectivity index (χ3n) is 2.59. The van der Waals surface area contributed by atoms with Gasteiger partial charge >= 0.3 is 0 Å². The van der Waals surface area contributed by atoms with E-state index in [1.807, 2.05) is 0 Å². The molecule has 104 valence electrons. The van der Waals surface area contributed by atoms with Crippen molar-refractivity contribution in [3.8, 4) is 0 Å². The Hall–Kier alpha value is -0.830. The fourth-order valence-corrected chi connectivity index (χ4v) is 1.83. The highest BCUT2D eigenvalue weighted by Crippen LogP contribution is 2.29. The summed E-state index contributed by atoms with van der Waals surface area (Å²) in [4.78, 5) is 23.0. The van der Waals surface area contributed by atoms with Crippen molar-refractivity contribution < 1.29 is 23.8 Å². The van der Waals surface area contributed by atoms with Gasteiger partial charge in [0.1, 0.15) is 6.10 Å². The SMILES string of the molecule is CNC(=O)C1(CCC(=O)NS)OCC(COC)O1. The van der Waals surface area contributed by atoms with Crippen molar-refractivity contribution in [3.63, 3.8) is 0 Å². The lowest BCUT2D eigenvalue weighted by Gasteiger charge is -2.25. The maximum absolute atomic E-state index is 11.8. The molecule has 1 aliphatic heterocycles. The van der Waals surface area contributed by atoms with E-state index in [1.54, 1.807) is 0 Å². The molecular formula is C10H18N2O5S. The Morgan fingerprint density at radius 3 is 2.83 bits per heavy atom. The maximum Gasteiger partial charge on any atom is 0.280 e. The predicted octanol–water partition coefficient (Wildman–Crippen LogP) is -0.768. The van der Waals surface area contributed by atoms with Gasteiger partial charge < -0.3 is 24.2 Å². The Morgan fingerprint density at radius 1 is 1.56 bits per heavy atom. The van der Waals surface area contributed by atoms with Crippen LogP contribution in [0.1, 0.15) is 12.8 Å². The Bertz CT molecular complexity index is 315. The minimum absolute atomic E-state index is 0.0800. The molecule has 2 N–H and O–H groups in total. The Labute approximate surface area is 111 Å². The second kappa shape index (κ2) is 6.93. The molecular weight excluding hydrogens is 260 g/mol.